The Morgan fingerprint density at radius 1 is 1.09 bits per heavy atom. The van der Waals surface area contributed by atoms with Crippen LogP contribution < -0.4 is 0 Å². The molecule has 0 saturated heterocycles. The fourth-order valence-corrected chi connectivity index (χ4v) is 2.77. The molecule has 0 radical (unpaired) electrons. The number of halogens is 1. The van der Waals surface area contributed by atoms with Crippen LogP contribution in [-0.2, 0) is 17.8 Å². The van der Waals surface area contributed by atoms with E-state index < -0.39 is 0 Å². The molecule has 1 aromatic carbocycles. The molecule has 0 fully saturated rings. The zero-order valence-corrected chi connectivity index (χ0v) is 13.9. The van der Waals surface area contributed by atoms with Crippen molar-refractivity contribution in [2.45, 2.75) is 13.1 Å². The second-order valence-corrected chi connectivity index (χ2v) is 5.97. The molecule has 2 heterocycles. The van der Waals surface area contributed by atoms with Crippen LogP contribution in [0.2, 0.25) is 5.02 Å². The van der Waals surface area contributed by atoms with Gasteiger partial charge in [-0.1, -0.05) is 41.9 Å². The smallest absolute Gasteiger partial charge is 0.137 e. The third-order valence-electron chi connectivity index (χ3n) is 3.71. The van der Waals surface area contributed by atoms with E-state index in [0.717, 1.165) is 31.0 Å². The lowest BCUT2D eigenvalue weighted by atomic mass is 10.2. The Hall–Kier alpha value is -1.88. The zero-order valence-electron chi connectivity index (χ0n) is 13.2. The first-order valence-corrected chi connectivity index (χ1v) is 8.01. The number of imidazole rings is 1. The van der Waals surface area contributed by atoms with Crippen LogP contribution in [-0.4, -0.2) is 34.5 Å². The fraction of sp³-hybridized carbons (Fsp3) is 0.278. The fourth-order valence-electron chi connectivity index (χ4n) is 2.60. The molecule has 0 atom stereocenters. The van der Waals surface area contributed by atoms with E-state index in [1.54, 1.807) is 7.11 Å². The number of benzene rings is 1. The Labute approximate surface area is 141 Å². The summed E-state index contributed by atoms with van der Waals surface area (Å²) >= 11 is 6.03. The van der Waals surface area contributed by atoms with E-state index in [0.29, 0.717) is 11.6 Å². The summed E-state index contributed by atoms with van der Waals surface area (Å²) in [6.45, 7) is 3.21. The van der Waals surface area contributed by atoms with Crippen LogP contribution in [0, 0.1) is 0 Å². The minimum absolute atomic E-state index is 0.700. The molecule has 0 bridgehead atoms. The maximum atomic E-state index is 6.03. The minimum Gasteiger partial charge on any atom is -0.383 e. The third-order valence-corrected chi connectivity index (χ3v) is 3.93. The van der Waals surface area contributed by atoms with E-state index in [1.807, 2.05) is 35.0 Å². The summed E-state index contributed by atoms with van der Waals surface area (Å²) in [4.78, 5) is 7.00. The van der Waals surface area contributed by atoms with E-state index in [2.05, 4.69) is 34.1 Å². The van der Waals surface area contributed by atoms with Crippen molar-refractivity contribution in [3.8, 4) is 0 Å². The van der Waals surface area contributed by atoms with Crippen molar-refractivity contribution in [2.24, 2.45) is 0 Å². The molecule has 120 valence electrons. The molecule has 0 aliphatic carbocycles. The monoisotopic (exact) mass is 329 g/mol. The molecule has 0 N–H and O–H groups in total. The van der Waals surface area contributed by atoms with Gasteiger partial charge in [-0.05, 0) is 17.7 Å². The van der Waals surface area contributed by atoms with Gasteiger partial charge in [0.2, 0.25) is 0 Å². The van der Waals surface area contributed by atoms with Gasteiger partial charge < -0.3 is 9.14 Å². The van der Waals surface area contributed by atoms with Gasteiger partial charge in [0.15, 0.2) is 0 Å². The average molecular weight is 330 g/mol. The molecule has 0 saturated carbocycles. The standard InChI is InChI=1S/C18H20ClN3O/c1-23-10-9-21(11-15-5-3-2-4-6-15)13-17-14-22-12-16(19)7-8-18(22)20-17/h2-8,12,14H,9-11,13H2,1H3. The van der Waals surface area contributed by atoms with Gasteiger partial charge in [-0.3, -0.25) is 4.90 Å². The van der Waals surface area contributed by atoms with Crippen LogP contribution in [0.5, 0.6) is 0 Å². The van der Waals surface area contributed by atoms with Gasteiger partial charge in [0, 0.05) is 39.1 Å². The number of methoxy groups -OCH3 is 1. The number of hydrogen-bond acceptors (Lipinski definition) is 3. The lowest BCUT2D eigenvalue weighted by Gasteiger charge is -2.21. The second kappa shape index (κ2) is 7.59. The summed E-state index contributed by atoms with van der Waals surface area (Å²) in [7, 11) is 1.73. The van der Waals surface area contributed by atoms with Crippen molar-refractivity contribution in [3.63, 3.8) is 0 Å². The Kier molecular flexibility index (Phi) is 5.28. The number of pyridine rings is 1. The van der Waals surface area contributed by atoms with E-state index in [9.17, 15) is 0 Å². The van der Waals surface area contributed by atoms with Gasteiger partial charge in [0.05, 0.1) is 17.3 Å². The van der Waals surface area contributed by atoms with Crippen molar-refractivity contribution in [1.29, 1.82) is 0 Å². The Balaban J connectivity index is 1.75. The molecular formula is C18H20ClN3O. The first kappa shape index (κ1) is 16.0. The van der Waals surface area contributed by atoms with Gasteiger partial charge in [0.25, 0.3) is 0 Å². The van der Waals surface area contributed by atoms with Crippen LogP contribution in [0.15, 0.2) is 54.9 Å². The molecule has 4 nitrogen and oxygen atoms in total. The number of rotatable bonds is 7. The third kappa shape index (κ3) is 4.32. The van der Waals surface area contributed by atoms with Gasteiger partial charge >= 0.3 is 0 Å². The minimum atomic E-state index is 0.700. The number of nitrogens with zero attached hydrogens (tertiary/aromatic N) is 3. The van der Waals surface area contributed by atoms with Crippen molar-refractivity contribution in [2.75, 3.05) is 20.3 Å². The van der Waals surface area contributed by atoms with Crippen molar-refractivity contribution in [3.05, 3.63) is 71.1 Å². The summed E-state index contributed by atoms with van der Waals surface area (Å²) in [5.74, 6) is 0. The van der Waals surface area contributed by atoms with Crippen LogP contribution in [0.4, 0.5) is 0 Å². The molecule has 0 unspecified atom stereocenters. The highest BCUT2D eigenvalue weighted by Gasteiger charge is 2.10. The highest BCUT2D eigenvalue weighted by Crippen LogP contribution is 2.14. The first-order chi connectivity index (χ1) is 11.2. The summed E-state index contributed by atoms with van der Waals surface area (Å²) < 4.78 is 7.20. The lowest BCUT2D eigenvalue weighted by molar-refractivity contribution is 0.139. The zero-order chi connectivity index (χ0) is 16.1. The van der Waals surface area contributed by atoms with Crippen LogP contribution in [0.1, 0.15) is 11.3 Å². The van der Waals surface area contributed by atoms with Crippen LogP contribution in [0.25, 0.3) is 5.65 Å². The normalized spacial score (nSPS) is 11.4. The molecule has 3 aromatic rings. The van der Waals surface area contributed by atoms with Gasteiger partial charge in [-0.2, -0.15) is 0 Å². The lowest BCUT2D eigenvalue weighted by Crippen LogP contribution is -2.26. The predicted molar refractivity (Wildman–Crippen MR) is 92.6 cm³/mol. The Bertz CT molecular complexity index is 757. The van der Waals surface area contributed by atoms with Gasteiger partial charge in [-0.25, -0.2) is 4.98 Å². The van der Waals surface area contributed by atoms with E-state index in [1.165, 1.54) is 5.56 Å². The van der Waals surface area contributed by atoms with Crippen molar-refractivity contribution >= 4 is 17.2 Å². The van der Waals surface area contributed by atoms with Crippen LogP contribution in [0.3, 0.4) is 0 Å². The molecule has 3 rings (SSSR count). The molecule has 0 aliphatic rings. The summed E-state index contributed by atoms with van der Waals surface area (Å²) in [5.41, 5.74) is 3.23. The molecule has 2 aromatic heterocycles. The quantitative estimate of drug-likeness (QED) is 0.663. The highest BCUT2D eigenvalue weighted by molar-refractivity contribution is 6.30. The maximum Gasteiger partial charge on any atom is 0.137 e. The molecule has 23 heavy (non-hydrogen) atoms. The first-order valence-electron chi connectivity index (χ1n) is 7.63. The Morgan fingerprint density at radius 3 is 2.70 bits per heavy atom. The van der Waals surface area contributed by atoms with E-state index in [-0.39, 0.29) is 0 Å². The maximum absolute atomic E-state index is 6.03. The van der Waals surface area contributed by atoms with E-state index >= 15 is 0 Å². The van der Waals surface area contributed by atoms with Gasteiger partial charge in [0.1, 0.15) is 5.65 Å². The molecular weight excluding hydrogens is 310 g/mol. The van der Waals surface area contributed by atoms with Crippen LogP contribution >= 0.6 is 11.6 Å². The molecule has 0 amide bonds. The number of fused-ring (bicyclic) bond motifs is 1. The number of ether oxygens (including phenoxy) is 1. The second-order valence-electron chi connectivity index (χ2n) is 5.53. The number of aromatic nitrogens is 2. The van der Waals surface area contributed by atoms with Crippen molar-refractivity contribution in [1.82, 2.24) is 14.3 Å². The highest BCUT2D eigenvalue weighted by atomic mass is 35.5. The SMILES string of the molecule is COCCN(Cc1ccccc1)Cc1cn2cc(Cl)ccc2n1. The largest absolute Gasteiger partial charge is 0.383 e. The molecule has 0 spiro atoms. The average Bonchev–Trinajstić information content (AvgIpc) is 2.95. The topological polar surface area (TPSA) is 29.8 Å². The Morgan fingerprint density at radius 2 is 1.91 bits per heavy atom. The predicted octanol–water partition coefficient (Wildman–Crippen LogP) is 3.64. The van der Waals surface area contributed by atoms with Gasteiger partial charge in [-0.15, -0.1) is 0 Å². The summed E-state index contributed by atoms with van der Waals surface area (Å²) in [6, 6.07) is 14.2. The summed E-state index contributed by atoms with van der Waals surface area (Å²) in [5, 5.41) is 0.710. The van der Waals surface area contributed by atoms with E-state index in [4.69, 9.17) is 16.3 Å². The molecule has 5 heteroatoms. The number of hydrogen-bond donors (Lipinski definition) is 0. The summed E-state index contributed by atoms with van der Waals surface area (Å²) in [6.07, 6.45) is 3.91. The molecule has 0 aliphatic heterocycles. The van der Waals surface area contributed by atoms with Crippen molar-refractivity contribution < 1.29 is 4.74 Å².